The van der Waals surface area contributed by atoms with Crippen molar-refractivity contribution in [1.29, 1.82) is 0 Å². The van der Waals surface area contributed by atoms with Crippen LogP contribution in [0.2, 0.25) is 0 Å². The van der Waals surface area contributed by atoms with E-state index in [0.717, 1.165) is 12.1 Å². The van der Waals surface area contributed by atoms with Gasteiger partial charge in [-0.3, -0.25) is 4.90 Å². The van der Waals surface area contributed by atoms with Crippen molar-refractivity contribution in [1.82, 2.24) is 10.2 Å². The predicted molar refractivity (Wildman–Crippen MR) is 74.3 cm³/mol. The van der Waals surface area contributed by atoms with Crippen molar-refractivity contribution in [2.75, 3.05) is 19.6 Å². The van der Waals surface area contributed by atoms with Crippen LogP contribution in [-0.2, 0) is 0 Å². The van der Waals surface area contributed by atoms with Crippen molar-refractivity contribution in [2.24, 2.45) is 5.41 Å². The Morgan fingerprint density at radius 3 is 2.65 bits per heavy atom. The van der Waals surface area contributed by atoms with E-state index < -0.39 is 0 Å². The van der Waals surface area contributed by atoms with Gasteiger partial charge in [-0.2, -0.15) is 0 Å². The molecule has 0 aromatic rings. The van der Waals surface area contributed by atoms with Crippen LogP contribution in [0.5, 0.6) is 0 Å². The summed E-state index contributed by atoms with van der Waals surface area (Å²) < 4.78 is 0. The fraction of sp³-hybridized carbons (Fsp3) is 1.00. The largest absolute Gasteiger partial charge is 0.315 e. The molecule has 2 unspecified atom stereocenters. The first-order chi connectivity index (χ1) is 8.12. The summed E-state index contributed by atoms with van der Waals surface area (Å²) in [4.78, 5) is 2.83. The Bertz CT molecular complexity index is 231. The second-order valence-electron chi connectivity index (χ2n) is 6.80. The van der Waals surface area contributed by atoms with Gasteiger partial charge in [0.15, 0.2) is 0 Å². The molecule has 2 aliphatic rings. The summed E-state index contributed by atoms with van der Waals surface area (Å²) in [6.07, 6.45) is 8.35. The van der Waals surface area contributed by atoms with Gasteiger partial charge in [0.25, 0.3) is 0 Å². The molecule has 1 saturated carbocycles. The van der Waals surface area contributed by atoms with Crippen LogP contribution >= 0.6 is 0 Å². The van der Waals surface area contributed by atoms with Gasteiger partial charge < -0.3 is 5.32 Å². The average molecular weight is 238 g/mol. The third-order valence-electron chi connectivity index (χ3n) is 4.63. The molecule has 2 heteroatoms. The summed E-state index contributed by atoms with van der Waals surface area (Å²) in [6, 6.07) is 1.66. The van der Waals surface area contributed by atoms with Crippen molar-refractivity contribution in [3.05, 3.63) is 0 Å². The van der Waals surface area contributed by atoms with E-state index in [1.807, 2.05) is 0 Å². The lowest BCUT2D eigenvalue weighted by Gasteiger charge is -2.43. The first kappa shape index (κ1) is 13.4. The maximum Gasteiger partial charge on any atom is 0.0235 e. The minimum absolute atomic E-state index is 0.570. The molecule has 0 bridgehead atoms. The molecule has 0 aromatic heterocycles. The number of nitrogens with zero attached hydrogens (tertiary/aromatic N) is 1. The van der Waals surface area contributed by atoms with E-state index in [4.69, 9.17) is 0 Å². The normalized spacial score (nSPS) is 33.2. The highest BCUT2D eigenvalue weighted by Gasteiger charge is 2.34. The maximum atomic E-state index is 3.53. The standard InChI is InChI=1S/C15H30N2/c1-4-10-17(14-7-9-16-12-14)13-6-5-8-15(2,3)11-13/h13-14,16H,4-12H2,1-3H3. The zero-order valence-electron chi connectivity index (χ0n) is 12.0. The van der Waals surface area contributed by atoms with E-state index in [9.17, 15) is 0 Å². The number of nitrogens with one attached hydrogen (secondary N) is 1. The van der Waals surface area contributed by atoms with Crippen LogP contribution in [0.4, 0.5) is 0 Å². The topological polar surface area (TPSA) is 15.3 Å². The van der Waals surface area contributed by atoms with Gasteiger partial charge >= 0.3 is 0 Å². The van der Waals surface area contributed by atoms with Crippen molar-refractivity contribution in [2.45, 2.75) is 71.4 Å². The number of hydrogen-bond acceptors (Lipinski definition) is 2. The van der Waals surface area contributed by atoms with Gasteiger partial charge in [0.2, 0.25) is 0 Å². The number of rotatable bonds is 4. The quantitative estimate of drug-likeness (QED) is 0.810. The summed E-state index contributed by atoms with van der Waals surface area (Å²) in [5, 5.41) is 3.53. The molecule has 1 aliphatic heterocycles. The molecule has 2 rings (SSSR count). The maximum absolute atomic E-state index is 3.53. The minimum atomic E-state index is 0.570. The van der Waals surface area contributed by atoms with Gasteiger partial charge in [0, 0.05) is 18.6 Å². The highest BCUT2D eigenvalue weighted by atomic mass is 15.2. The first-order valence-corrected chi connectivity index (χ1v) is 7.59. The SMILES string of the molecule is CCCN(C1CCNC1)C1CCCC(C)(C)C1. The molecule has 1 N–H and O–H groups in total. The van der Waals surface area contributed by atoms with Gasteiger partial charge in [-0.25, -0.2) is 0 Å². The molecular formula is C15H30N2. The van der Waals surface area contributed by atoms with E-state index in [0.29, 0.717) is 5.41 Å². The smallest absolute Gasteiger partial charge is 0.0235 e. The summed E-state index contributed by atoms with van der Waals surface area (Å²) in [5.74, 6) is 0. The molecule has 0 spiro atoms. The third kappa shape index (κ3) is 3.45. The van der Waals surface area contributed by atoms with Crippen molar-refractivity contribution < 1.29 is 0 Å². The predicted octanol–water partition coefficient (Wildman–Crippen LogP) is 3.03. The molecule has 1 saturated heterocycles. The van der Waals surface area contributed by atoms with Crippen molar-refractivity contribution >= 4 is 0 Å². The molecule has 100 valence electrons. The van der Waals surface area contributed by atoms with E-state index >= 15 is 0 Å². The lowest BCUT2D eigenvalue weighted by atomic mass is 9.74. The summed E-state index contributed by atoms with van der Waals surface area (Å²) in [5.41, 5.74) is 0.570. The molecule has 2 fully saturated rings. The average Bonchev–Trinajstić information content (AvgIpc) is 2.77. The zero-order valence-corrected chi connectivity index (χ0v) is 12.0. The monoisotopic (exact) mass is 238 g/mol. The second kappa shape index (κ2) is 5.71. The molecular weight excluding hydrogens is 208 g/mol. The van der Waals surface area contributed by atoms with Crippen molar-refractivity contribution in [3.63, 3.8) is 0 Å². The van der Waals surface area contributed by atoms with E-state index in [1.165, 1.54) is 58.2 Å². The van der Waals surface area contributed by atoms with Crippen LogP contribution in [-0.4, -0.2) is 36.6 Å². The van der Waals surface area contributed by atoms with Gasteiger partial charge in [0.05, 0.1) is 0 Å². The Hall–Kier alpha value is -0.0800. The van der Waals surface area contributed by atoms with Crippen molar-refractivity contribution in [3.8, 4) is 0 Å². The number of hydrogen-bond donors (Lipinski definition) is 1. The van der Waals surface area contributed by atoms with Gasteiger partial charge in [-0.1, -0.05) is 27.2 Å². The molecule has 17 heavy (non-hydrogen) atoms. The van der Waals surface area contributed by atoms with Crippen LogP contribution in [0.1, 0.15) is 59.3 Å². The molecule has 0 radical (unpaired) electrons. The van der Waals surface area contributed by atoms with E-state index in [-0.39, 0.29) is 0 Å². The Morgan fingerprint density at radius 1 is 1.24 bits per heavy atom. The van der Waals surface area contributed by atoms with Gasteiger partial charge in [-0.05, 0) is 50.6 Å². The molecule has 0 amide bonds. The Morgan fingerprint density at radius 2 is 2.06 bits per heavy atom. The Balaban J connectivity index is 1.99. The van der Waals surface area contributed by atoms with E-state index in [1.54, 1.807) is 0 Å². The summed E-state index contributed by atoms with van der Waals surface area (Å²) in [6.45, 7) is 11.0. The Labute approximate surface area is 107 Å². The summed E-state index contributed by atoms with van der Waals surface area (Å²) in [7, 11) is 0. The fourth-order valence-electron chi connectivity index (χ4n) is 3.79. The van der Waals surface area contributed by atoms with E-state index in [2.05, 4.69) is 31.0 Å². The first-order valence-electron chi connectivity index (χ1n) is 7.59. The minimum Gasteiger partial charge on any atom is -0.315 e. The molecule has 1 heterocycles. The van der Waals surface area contributed by atoms with Gasteiger partial charge in [0.1, 0.15) is 0 Å². The van der Waals surface area contributed by atoms with Crippen LogP contribution in [0, 0.1) is 5.41 Å². The molecule has 2 nitrogen and oxygen atoms in total. The fourth-order valence-corrected chi connectivity index (χ4v) is 3.79. The molecule has 2 atom stereocenters. The Kier molecular flexibility index (Phi) is 4.48. The zero-order chi connectivity index (χ0) is 12.3. The molecule has 1 aliphatic carbocycles. The van der Waals surface area contributed by atoms with Crippen LogP contribution < -0.4 is 5.32 Å². The highest BCUT2D eigenvalue weighted by molar-refractivity contribution is 4.90. The van der Waals surface area contributed by atoms with Gasteiger partial charge in [-0.15, -0.1) is 0 Å². The highest BCUT2D eigenvalue weighted by Crippen LogP contribution is 2.38. The summed E-state index contributed by atoms with van der Waals surface area (Å²) >= 11 is 0. The second-order valence-corrected chi connectivity index (χ2v) is 6.80. The van der Waals surface area contributed by atoms with Crippen LogP contribution in [0.15, 0.2) is 0 Å². The lowest BCUT2D eigenvalue weighted by Crippen LogP contribution is -2.48. The van der Waals surface area contributed by atoms with Crippen LogP contribution in [0.3, 0.4) is 0 Å². The third-order valence-corrected chi connectivity index (χ3v) is 4.63. The van der Waals surface area contributed by atoms with Crippen LogP contribution in [0.25, 0.3) is 0 Å². The molecule has 0 aromatic carbocycles. The lowest BCUT2D eigenvalue weighted by molar-refractivity contribution is 0.0659.